The monoisotopic (exact) mass is 381 g/mol. The van der Waals surface area contributed by atoms with E-state index in [9.17, 15) is 14.0 Å². The normalized spacial score (nSPS) is 10.5. The van der Waals surface area contributed by atoms with Gasteiger partial charge in [0.2, 0.25) is 0 Å². The summed E-state index contributed by atoms with van der Waals surface area (Å²) in [5, 5.41) is 8.70. The first-order valence-electron chi connectivity index (χ1n) is 8.93. The lowest BCUT2D eigenvalue weighted by molar-refractivity contribution is -0.129. The number of nitriles is 1. The Morgan fingerprint density at radius 2 is 1.79 bits per heavy atom. The molecule has 0 aliphatic heterocycles. The van der Waals surface area contributed by atoms with Crippen LogP contribution in [-0.4, -0.2) is 11.9 Å². The van der Waals surface area contributed by atoms with Crippen LogP contribution in [0.4, 0.5) is 4.39 Å². The Labute approximate surface area is 163 Å². The molecule has 0 heterocycles. The molecule has 2 aromatic carbocycles. The summed E-state index contributed by atoms with van der Waals surface area (Å²) in [5.41, 5.74) is 0.0741. The van der Waals surface area contributed by atoms with Gasteiger partial charge in [-0.2, -0.15) is 5.26 Å². The predicted molar refractivity (Wildman–Crippen MR) is 101 cm³/mol. The number of ether oxygens (including phenoxy) is 2. The second-order valence-electron chi connectivity index (χ2n) is 5.99. The van der Waals surface area contributed by atoms with Crippen LogP contribution in [0, 0.1) is 17.1 Å². The summed E-state index contributed by atoms with van der Waals surface area (Å²) < 4.78 is 23.8. The van der Waals surface area contributed by atoms with Crippen LogP contribution in [0.2, 0.25) is 0 Å². The summed E-state index contributed by atoms with van der Waals surface area (Å²) >= 11 is 0. The smallest absolute Gasteiger partial charge is 0.343 e. The lowest BCUT2D eigenvalue weighted by Gasteiger charge is -2.06. The number of allylic oxidation sites excluding steroid dienone is 1. The number of esters is 2. The van der Waals surface area contributed by atoms with Crippen LogP contribution < -0.4 is 9.47 Å². The minimum Gasteiger partial charge on any atom is -0.423 e. The first-order chi connectivity index (χ1) is 13.5. The summed E-state index contributed by atoms with van der Waals surface area (Å²) in [6.45, 7) is 2.11. The number of nitrogens with zero attached hydrogens (tertiary/aromatic N) is 1. The Morgan fingerprint density at radius 1 is 1.07 bits per heavy atom. The lowest BCUT2D eigenvalue weighted by atomic mass is 10.2. The van der Waals surface area contributed by atoms with Gasteiger partial charge in [0.15, 0.2) is 0 Å². The standard InChI is InChI=1S/C22H20FNO4/c1-2-3-4-5-6-7-21(25)27-18-11-8-16(9-12-18)22(26)28-19-13-10-17(15-24)20(23)14-19/h6-14H,2-5H2,1H3/b7-6+. The van der Waals surface area contributed by atoms with Gasteiger partial charge in [-0.15, -0.1) is 0 Å². The Bertz CT molecular complexity index is 898. The minimum absolute atomic E-state index is 0.00906. The van der Waals surface area contributed by atoms with Crippen molar-refractivity contribution >= 4 is 11.9 Å². The first-order valence-corrected chi connectivity index (χ1v) is 8.93. The molecule has 0 amide bonds. The maximum atomic E-state index is 13.6. The molecule has 144 valence electrons. The van der Waals surface area contributed by atoms with E-state index in [4.69, 9.17) is 14.7 Å². The van der Waals surface area contributed by atoms with Gasteiger partial charge in [-0.1, -0.05) is 25.8 Å². The van der Waals surface area contributed by atoms with Crippen LogP contribution in [0.15, 0.2) is 54.6 Å². The van der Waals surface area contributed by atoms with Crippen molar-refractivity contribution in [2.45, 2.75) is 32.6 Å². The Morgan fingerprint density at radius 3 is 2.43 bits per heavy atom. The first kappa shape index (κ1) is 20.8. The third-order valence-electron chi connectivity index (χ3n) is 3.81. The topological polar surface area (TPSA) is 76.4 Å². The zero-order valence-electron chi connectivity index (χ0n) is 15.5. The van der Waals surface area contributed by atoms with E-state index in [1.54, 1.807) is 12.1 Å². The number of hydrogen-bond acceptors (Lipinski definition) is 5. The van der Waals surface area contributed by atoms with Gasteiger partial charge in [0, 0.05) is 12.1 Å². The van der Waals surface area contributed by atoms with Crippen LogP contribution in [0.1, 0.15) is 48.5 Å². The fourth-order valence-electron chi connectivity index (χ4n) is 2.32. The molecular weight excluding hydrogens is 361 g/mol. The van der Waals surface area contributed by atoms with Crippen LogP contribution >= 0.6 is 0 Å². The number of unbranched alkanes of at least 4 members (excludes halogenated alkanes) is 3. The largest absolute Gasteiger partial charge is 0.423 e. The summed E-state index contributed by atoms with van der Waals surface area (Å²) in [6.07, 6.45) is 7.25. The summed E-state index contributed by atoms with van der Waals surface area (Å²) in [6, 6.07) is 11.1. The van der Waals surface area contributed by atoms with Gasteiger partial charge in [0.05, 0.1) is 11.1 Å². The van der Waals surface area contributed by atoms with Crippen LogP contribution in [0.25, 0.3) is 0 Å². The number of rotatable bonds is 8. The average molecular weight is 381 g/mol. The zero-order chi connectivity index (χ0) is 20.4. The highest BCUT2D eigenvalue weighted by molar-refractivity contribution is 5.91. The average Bonchev–Trinajstić information content (AvgIpc) is 2.68. The summed E-state index contributed by atoms with van der Waals surface area (Å²) in [7, 11) is 0. The Hall–Kier alpha value is -3.46. The molecule has 0 saturated heterocycles. The van der Waals surface area contributed by atoms with Crippen LogP contribution in [0.3, 0.4) is 0 Å². The third kappa shape index (κ3) is 6.36. The fraction of sp³-hybridized carbons (Fsp3) is 0.227. The van der Waals surface area contributed by atoms with Crippen molar-refractivity contribution < 1.29 is 23.5 Å². The van der Waals surface area contributed by atoms with E-state index in [-0.39, 0.29) is 16.9 Å². The predicted octanol–water partition coefficient (Wildman–Crippen LogP) is 4.96. The molecule has 28 heavy (non-hydrogen) atoms. The van der Waals surface area contributed by atoms with Crippen molar-refractivity contribution in [2.75, 3.05) is 0 Å². The third-order valence-corrected chi connectivity index (χ3v) is 3.81. The van der Waals surface area contributed by atoms with E-state index in [0.29, 0.717) is 5.75 Å². The van der Waals surface area contributed by atoms with E-state index in [1.165, 1.54) is 42.5 Å². The molecule has 0 radical (unpaired) electrons. The molecule has 0 spiro atoms. The number of benzene rings is 2. The molecule has 2 aromatic rings. The summed E-state index contributed by atoms with van der Waals surface area (Å²) in [4.78, 5) is 23.8. The minimum atomic E-state index is -0.766. The Kier molecular flexibility index (Phi) is 7.92. The molecular formula is C22H20FNO4. The molecule has 6 heteroatoms. The Balaban J connectivity index is 1.91. The molecule has 0 N–H and O–H groups in total. The molecule has 5 nitrogen and oxygen atoms in total. The number of carbonyl (C=O) groups excluding carboxylic acids is 2. The van der Waals surface area contributed by atoms with E-state index in [0.717, 1.165) is 31.7 Å². The number of halogens is 1. The van der Waals surface area contributed by atoms with E-state index >= 15 is 0 Å². The number of hydrogen-bond donors (Lipinski definition) is 0. The molecule has 0 saturated carbocycles. The second kappa shape index (κ2) is 10.6. The van der Waals surface area contributed by atoms with Gasteiger partial charge in [0.25, 0.3) is 0 Å². The van der Waals surface area contributed by atoms with Gasteiger partial charge in [-0.05, 0) is 49.2 Å². The molecule has 2 rings (SSSR count). The maximum absolute atomic E-state index is 13.6. The molecule has 0 aromatic heterocycles. The van der Waals surface area contributed by atoms with E-state index in [2.05, 4.69) is 6.92 Å². The van der Waals surface area contributed by atoms with Gasteiger partial charge >= 0.3 is 11.9 Å². The molecule has 0 aliphatic carbocycles. The van der Waals surface area contributed by atoms with E-state index < -0.39 is 17.8 Å². The van der Waals surface area contributed by atoms with Crippen molar-refractivity contribution in [1.82, 2.24) is 0 Å². The summed E-state index contributed by atoms with van der Waals surface area (Å²) in [5.74, 6) is -1.66. The highest BCUT2D eigenvalue weighted by atomic mass is 19.1. The van der Waals surface area contributed by atoms with Crippen molar-refractivity contribution in [1.29, 1.82) is 5.26 Å². The van der Waals surface area contributed by atoms with Crippen LogP contribution in [0.5, 0.6) is 11.5 Å². The quantitative estimate of drug-likeness (QED) is 0.280. The number of carbonyl (C=O) groups is 2. The fourth-order valence-corrected chi connectivity index (χ4v) is 2.32. The molecule has 0 atom stereocenters. The molecule has 0 unspecified atom stereocenters. The zero-order valence-corrected chi connectivity index (χ0v) is 15.5. The van der Waals surface area contributed by atoms with Gasteiger partial charge in [0.1, 0.15) is 23.4 Å². The lowest BCUT2D eigenvalue weighted by Crippen LogP contribution is -2.09. The van der Waals surface area contributed by atoms with Gasteiger partial charge < -0.3 is 9.47 Å². The van der Waals surface area contributed by atoms with Gasteiger partial charge in [-0.25, -0.2) is 14.0 Å². The molecule has 0 bridgehead atoms. The highest BCUT2D eigenvalue weighted by Gasteiger charge is 2.11. The molecule has 0 fully saturated rings. The SMILES string of the molecule is CCCCC/C=C/C(=O)Oc1ccc(C(=O)Oc2ccc(C#N)c(F)c2)cc1. The molecule has 0 aliphatic rings. The highest BCUT2D eigenvalue weighted by Crippen LogP contribution is 2.19. The second-order valence-corrected chi connectivity index (χ2v) is 5.99. The van der Waals surface area contributed by atoms with Crippen molar-refractivity contribution in [3.8, 4) is 17.6 Å². The van der Waals surface area contributed by atoms with Crippen molar-refractivity contribution in [3.63, 3.8) is 0 Å². The van der Waals surface area contributed by atoms with Gasteiger partial charge in [-0.3, -0.25) is 0 Å². The van der Waals surface area contributed by atoms with Crippen molar-refractivity contribution in [3.05, 3.63) is 71.6 Å². The maximum Gasteiger partial charge on any atom is 0.343 e. The van der Waals surface area contributed by atoms with Crippen molar-refractivity contribution in [2.24, 2.45) is 0 Å². The van der Waals surface area contributed by atoms with E-state index in [1.807, 2.05) is 0 Å². The van der Waals surface area contributed by atoms with Crippen LogP contribution in [-0.2, 0) is 4.79 Å².